The highest BCUT2D eigenvalue weighted by Gasteiger charge is 2.57. The lowest BCUT2D eigenvalue weighted by Gasteiger charge is -2.12. The predicted octanol–water partition coefficient (Wildman–Crippen LogP) is -0.508. The van der Waals surface area contributed by atoms with Gasteiger partial charge in [-0.1, -0.05) is 0 Å². The fourth-order valence-electron chi connectivity index (χ4n) is 1.37. The van der Waals surface area contributed by atoms with E-state index in [2.05, 4.69) is 10.6 Å². The summed E-state index contributed by atoms with van der Waals surface area (Å²) in [6, 6.07) is -0.00115. The zero-order valence-corrected chi connectivity index (χ0v) is 9.37. The molecule has 0 aromatic carbocycles. The van der Waals surface area contributed by atoms with E-state index in [0.717, 1.165) is 0 Å². The molecule has 0 aromatic heterocycles. The van der Waals surface area contributed by atoms with Gasteiger partial charge in [-0.05, 0) is 26.7 Å². The Labute approximate surface area is 93.4 Å². The minimum Gasteiger partial charge on any atom is -0.480 e. The van der Waals surface area contributed by atoms with E-state index in [4.69, 9.17) is 5.11 Å². The normalized spacial score (nSPS) is 16.7. The van der Waals surface area contributed by atoms with Crippen LogP contribution >= 0.6 is 0 Å². The number of amides is 2. The molecule has 1 aliphatic carbocycles. The molecular weight excluding hydrogens is 212 g/mol. The van der Waals surface area contributed by atoms with Gasteiger partial charge in [-0.2, -0.15) is 0 Å². The summed E-state index contributed by atoms with van der Waals surface area (Å²) < 4.78 is 0. The largest absolute Gasteiger partial charge is 0.480 e. The first-order valence-corrected chi connectivity index (χ1v) is 5.19. The Hall–Kier alpha value is -1.59. The molecule has 0 spiro atoms. The molecule has 0 heterocycles. The average Bonchev–Trinajstić information content (AvgIpc) is 2.93. The van der Waals surface area contributed by atoms with Crippen LogP contribution in [0.1, 0.15) is 26.7 Å². The molecule has 1 rings (SSSR count). The molecule has 0 unspecified atom stereocenters. The van der Waals surface area contributed by atoms with Crippen LogP contribution in [0, 0.1) is 5.41 Å². The molecule has 6 heteroatoms. The van der Waals surface area contributed by atoms with E-state index in [-0.39, 0.29) is 18.5 Å². The summed E-state index contributed by atoms with van der Waals surface area (Å²) in [4.78, 5) is 33.5. The van der Waals surface area contributed by atoms with Crippen LogP contribution in [-0.2, 0) is 14.4 Å². The van der Waals surface area contributed by atoms with Crippen molar-refractivity contribution in [1.29, 1.82) is 0 Å². The predicted molar refractivity (Wildman–Crippen MR) is 55.6 cm³/mol. The number of carboxylic acids is 1. The fraction of sp³-hybridized carbons (Fsp3) is 0.700. The van der Waals surface area contributed by atoms with Gasteiger partial charge in [0.15, 0.2) is 0 Å². The molecule has 0 aromatic rings. The molecule has 6 nitrogen and oxygen atoms in total. The number of rotatable bonds is 5. The van der Waals surface area contributed by atoms with Crippen molar-refractivity contribution in [2.45, 2.75) is 32.7 Å². The SMILES string of the molecule is CC(C)NC(=O)CNC(=O)C1(C(=O)O)CC1. The van der Waals surface area contributed by atoms with E-state index in [1.54, 1.807) is 13.8 Å². The summed E-state index contributed by atoms with van der Waals surface area (Å²) in [5, 5.41) is 13.8. The summed E-state index contributed by atoms with van der Waals surface area (Å²) in [6.45, 7) is 3.44. The van der Waals surface area contributed by atoms with Crippen molar-refractivity contribution in [2.75, 3.05) is 6.54 Å². The van der Waals surface area contributed by atoms with Gasteiger partial charge in [0.1, 0.15) is 5.41 Å². The maximum absolute atomic E-state index is 11.5. The van der Waals surface area contributed by atoms with E-state index < -0.39 is 17.3 Å². The van der Waals surface area contributed by atoms with Gasteiger partial charge in [-0.3, -0.25) is 14.4 Å². The number of aliphatic carboxylic acids is 1. The Balaban J connectivity index is 2.36. The maximum Gasteiger partial charge on any atom is 0.319 e. The van der Waals surface area contributed by atoms with Crippen LogP contribution < -0.4 is 10.6 Å². The molecular formula is C10H16N2O4. The Kier molecular flexibility index (Phi) is 3.51. The first kappa shape index (κ1) is 12.5. The molecule has 0 atom stereocenters. The summed E-state index contributed by atoms with van der Waals surface area (Å²) >= 11 is 0. The van der Waals surface area contributed by atoms with Gasteiger partial charge >= 0.3 is 5.97 Å². The first-order valence-electron chi connectivity index (χ1n) is 5.19. The first-order chi connectivity index (χ1) is 7.38. The smallest absolute Gasteiger partial charge is 0.319 e. The fourth-order valence-corrected chi connectivity index (χ4v) is 1.37. The van der Waals surface area contributed by atoms with Crippen LogP contribution in [0.4, 0.5) is 0 Å². The molecule has 3 N–H and O–H groups in total. The summed E-state index contributed by atoms with van der Waals surface area (Å²) in [7, 11) is 0. The van der Waals surface area contributed by atoms with Crippen LogP contribution in [0.2, 0.25) is 0 Å². The summed E-state index contributed by atoms with van der Waals surface area (Å²) in [5.41, 5.74) is -1.28. The van der Waals surface area contributed by atoms with Gasteiger partial charge in [-0.15, -0.1) is 0 Å². The molecule has 0 saturated heterocycles. The van der Waals surface area contributed by atoms with E-state index in [1.165, 1.54) is 0 Å². The second-order valence-electron chi connectivity index (χ2n) is 4.29. The van der Waals surface area contributed by atoms with Crippen molar-refractivity contribution < 1.29 is 19.5 Å². The summed E-state index contributed by atoms with van der Waals surface area (Å²) in [5.74, 6) is -2.00. The number of nitrogens with one attached hydrogen (secondary N) is 2. The van der Waals surface area contributed by atoms with Crippen LogP contribution in [-0.4, -0.2) is 35.5 Å². The molecule has 1 aliphatic rings. The molecule has 1 saturated carbocycles. The van der Waals surface area contributed by atoms with Crippen molar-refractivity contribution in [2.24, 2.45) is 5.41 Å². The number of carbonyl (C=O) groups excluding carboxylic acids is 2. The maximum atomic E-state index is 11.5. The highest BCUT2D eigenvalue weighted by Crippen LogP contribution is 2.45. The average molecular weight is 228 g/mol. The van der Waals surface area contributed by atoms with Crippen LogP contribution in [0.25, 0.3) is 0 Å². The van der Waals surface area contributed by atoms with Crippen molar-refractivity contribution in [3.8, 4) is 0 Å². The van der Waals surface area contributed by atoms with E-state index in [9.17, 15) is 14.4 Å². The molecule has 0 aliphatic heterocycles. The van der Waals surface area contributed by atoms with Gasteiger partial charge in [0.2, 0.25) is 11.8 Å². The standard InChI is InChI=1S/C10H16N2O4/c1-6(2)12-7(13)5-11-8(14)10(3-4-10)9(15)16/h6H,3-5H2,1-2H3,(H,11,14)(H,12,13)(H,15,16). The third kappa shape index (κ3) is 2.71. The Bertz CT molecular complexity index is 321. The Morgan fingerprint density at radius 2 is 1.88 bits per heavy atom. The third-order valence-corrected chi connectivity index (χ3v) is 2.45. The van der Waals surface area contributed by atoms with E-state index in [1.807, 2.05) is 0 Å². The topological polar surface area (TPSA) is 95.5 Å². The highest BCUT2D eigenvalue weighted by molar-refractivity contribution is 6.05. The zero-order chi connectivity index (χ0) is 12.3. The Morgan fingerprint density at radius 3 is 2.25 bits per heavy atom. The molecule has 0 radical (unpaired) electrons. The van der Waals surface area contributed by atoms with Gasteiger partial charge in [0.25, 0.3) is 0 Å². The number of hydrogen-bond acceptors (Lipinski definition) is 3. The molecule has 90 valence electrons. The van der Waals surface area contributed by atoms with Gasteiger partial charge in [0, 0.05) is 6.04 Å². The van der Waals surface area contributed by atoms with Crippen LogP contribution in [0.15, 0.2) is 0 Å². The lowest BCUT2D eigenvalue weighted by Crippen LogP contribution is -2.44. The van der Waals surface area contributed by atoms with Gasteiger partial charge in [-0.25, -0.2) is 0 Å². The zero-order valence-electron chi connectivity index (χ0n) is 9.37. The van der Waals surface area contributed by atoms with Crippen LogP contribution in [0.5, 0.6) is 0 Å². The minimum absolute atomic E-state index is 0.00115. The van der Waals surface area contributed by atoms with Crippen molar-refractivity contribution in [1.82, 2.24) is 10.6 Å². The van der Waals surface area contributed by atoms with Gasteiger partial charge < -0.3 is 15.7 Å². The summed E-state index contributed by atoms with van der Waals surface area (Å²) in [6.07, 6.45) is 0.694. The minimum atomic E-state index is -1.28. The number of hydrogen-bond donors (Lipinski definition) is 3. The van der Waals surface area contributed by atoms with Crippen molar-refractivity contribution in [3.63, 3.8) is 0 Å². The quantitative estimate of drug-likeness (QED) is 0.552. The second kappa shape index (κ2) is 4.51. The Morgan fingerprint density at radius 1 is 1.31 bits per heavy atom. The van der Waals surface area contributed by atoms with Crippen molar-refractivity contribution >= 4 is 17.8 Å². The molecule has 2 amide bonds. The molecule has 1 fully saturated rings. The monoisotopic (exact) mass is 228 g/mol. The number of carboxylic acid groups (broad SMARTS) is 1. The van der Waals surface area contributed by atoms with Crippen LogP contribution in [0.3, 0.4) is 0 Å². The van der Waals surface area contributed by atoms with E-state index >= 15 is 0 Å². The van der Waals surface area contributed by atoms with Gasteiger partial charge in [0.05, 0.1) is 6.54 Å². The third-order valence-electron chi connectivity index (χ3n) is 2.45. The highest BCUT2D eigenvalue weighted by atomic mass is 16.4. The molecule has 0 bridgehead atoms. The number of carbonyl (C=O) groups is 3. The molecule has 16 heavy (non-hydrogen) atoms. The van der Waals surface area contributed by atoms with E-state index in [0.29, 0.717) is 12.8 Å². The lowest BCUT2D eigenvalue weighted by molar-refractivity contribution is -0.149. The van der Waals surface area contributed by atoms with Crippen molar-refractivity contribution in [3.05, 3.63) is 0 Å². The second-order valence-corrected chi connectivity index (χ2v) is 4.29. The lowest BCUT2D eigenvalue weighted by atomic mass is 10.1.